The van der Waals surface area contributed by atoms with Gasteiger partial charge in [-0.15, -0.1) is 0 Å². The van der Waals surface area contributed by atoms with Crippen LogP contribution in [-0.4, -0.2) is 0 Å². The van der Waals surface area contributed by atoms with Crippen LogP contribution in [0.5, 0.6) is 0 Å². The molecule has 8 aromatic carbocycles. The summed E-state index contributed by atoms with van der Waals surface area (Å²) in [7, 11) is 0. The van der Waals surface area contributed by atoms with E-state index < -0.39 is 0 Å². The van der Waals surface area contributed by atoms with Crippen molar-refractivity contribution in [2.24, 2.45) is 0 Å². The van der Waals surface area contributed by atoms with Gasteiger partial charge in [-0.2, -0.15) is 0 Å². The molecule has 0 bridgehead atoms. The molecule has 2 nitrogen and oxygen atoms in total. The number of fused-ring (bicyclic) bond motifs is 4. The number of para-hydroxylation sites is 2. The molecule has 2 aliphatic rings. The highest BCUT2D eigenvalue weighted by atomic mass is 16.3. The SMILES string of the molecule is C1=c2cccc(C3CCCCC3)c2=C(c2ccccc2N(c2cccc(-c3ccc4c(c3)oc3ccccc34)c2)c2ccc(-c3ccccc3)cc2-c2ccccc2)CC1. The molecule has 0 unspecified atom stereocenters. The van der Waals surface area contributed by atoms with E-state index in [1.165, 1.54) is 81.6 Å². The van der Waals surface area contributed by atoms with E-state index in [9.17, 15) is 0 Å². The zero-order valence-corrected chi connectivity index (χ0v) is 33.9. The smallest absolute Gasteiger partial charge is 0.136 e. The zero-order chi connectivity index (χ0) is 39.8. The van der Waals surface area contributed by atoms with Gasteiger partial charge < -0.3 is 9.32 Å². The quantitative estimate of drug-likeness (QED) is 0.153. The Hall–Kier alpha value is -6.90. The Bertz CT molecular complexity index is 3130. The molecule has 0 saturated heterocycles. The lowest BCUT2D eigenvalue weighted by molar-refractivity contribution is 0.442. The summed E-state index contributed by atoms with van der Waals surface area (Å²) in [6.45, 7) is 0. The largest absolute Gasteiger partial charge is 0.456 e. The minimum atomic E-state index is 0.606. The van der Waals surface area contributed by atoms with E-state index in [-0.39, 0.29) is 0 Å². The van der Waals surface area contributed by atoms with E-state index in [1.54, 1.807) is 5.56 Å². The lowest BCUT2D eigenvalue weighted by Gasteiger charge is -2.32. The summed E-state index contributed by atoms with van der Waals surface area (Å²) in [6, 6.07) is 69.0. The topological polar surface area (TPSA) is 16.4 Å². The fraction of sp³-hybridized carbons (Fsp3) is 0.138. The van der Waals surface area contributed by atoms with Crippen molar-refractivity contribution in [2.45, 2.75) is 50.9 Å². The monoisotopic (exact) mass is 773 g/mol. The maximum Gasteiger partial charge on any atom is 0.136 e. The second-order valence-corrected chi connectivity index (χ2v) is 16.5. The Morgan fingerprint density at radius 2 is 1.12 bits per heavy atom. The third-order valence-electron chi connectivity index (χ3n) is 13.0. The third-order valence-corrected chi connectivity index (χ3v) is 13.0. The first-order valence-electron chi connectivity index (χ1n) is 21.8. The van der Waals surface area contributed by atoms with Crippen molar-refractivity contribution in [3.8, 4) is 33.4 Å². The Kier molecular flexibility index (Phi) is 9.47. The fourth-order valence-electron chi connectivity index (χ4n) is 10.1. The van der Waals surface area contributed by atoms with Gasteiger partial charge in [-0.05, 0) is 130 Å². The number of anilines is 3. The van der Waals surface area contributed by atoms with Gasteiger partial charge in [0.1, 0.15) is 11.2 Å². The average Bonchev–Trinajstić information content (AvgIpc) is 3.70. The van der Waals surface area contributed by atoms with Gasteiger partial charge in [0.2, 0.25) is 0 Å². The predicted octanol–water partition coefficient (Wildman–Crippen LogP) is 14.9. The van der Waals surface area contributed by atoms with Gasteiger partial charge >= 0.3 is 0 Å². The highest BCUT2D eigenvalue weighted by molar-refractivity contribution is 6.06. The van der Waals surface area contributed by atoms with Crippen LogP contribution in [0.1, 0.15) is 62.0 Å². The number of rotatable bonds is 8. The molecule has 0 N–H and O–H groups in total. The van der Waals surface area contributed by atoms with Gasteiger partial charge in [-0.25, -0.2) is 0 Å². The average molecular weight is 774 g/mol. The maximum atomic E-state index is 6.39. The van der Waals surface area contributed by atoms with Crippen molar-refractivity contribution in [1.29, 1.82) is 0 Å². The summed E-state index contributed by atoms with van der Waals surface area (Å²) in [5.41, 5.74) is 16.6. The lowest BCUT2D eigenvalue weighted by atomic mass is 9.80. The third kappa shape index (κ3) is 6.63. The van der Waals surface area contributed by atoms with E-state index in [2.05, 4.69) is 193 Å². The summed E-state index contributed by atoms with van der Waals surface area (Å²) in [6.07, 6.45) is 11.1. The molecule has 60 heavy (non-hydrogen) atoms. The van der Waals surface area contributed by atoms with Gasteiger partial charge in [0, 0.05) is 27.6 Å². The molecule has 290 valence electrons. The van der Waals surface area contributed by atoms with Crippen molar-refractivity contribution < 1.29 is 4.42 Å². The first kappa shape index (κ1) is 36.2. The van der Waals surface area contributed by atoms with Crippen LogP contribution in [0.3, 0.4) is 0 Å². The summed E-state index contributed by atoms with van der Waals surface area (Å²) in [5.74, 6) is 0.606. The van der Waals surface area contributed by atoms with Crippen LogP contribution < -0.4 is 15.3 Å². The number of hydrogen-bond donors (Lipinski definition) is 0. The van der Waals surface area contributed by atoms with Gasteiger partial charge in [0.05, 0.1) is 11.4 Å². The second kappa shape index (κ2) is 15.7. The number of benzene rings is 8. The Morgan fingerprint density at radius 3 is 1.98 bits per heavy atom. The maximum absolute atomic E-state index is 6.39. The molecule has 2 aliphatic carbocycles. The minimum Gasteiger partial charge on any atom is -0.456 e. The van der Waals surface area contributed by atoms with Gasteiger partial charge in [-0.1, -0.05) is 165 Å². The van der Waals surface area contributed by atoms with Crippen LogP contribution in [0, 0.1) is 0 Å². The molecular formula is C58H47NO. The minimum absolute atomic E-state index is 0.606. The molecule has 2 heteroatoms. The molecule has 1 saturated carbocycles. The number of nitrogens with zero attached hydrogens (tertiary/aromatic N) is 1. The van der Waals surface area contributed by atoms with Crippen LogP contribution in [0.15, 0.2) is 192 Å². The standard InChI is InChI=1S/C58H47NO/c1-4-17-40(18-5-1)45-34-36-55(53(38-45)42-21-8-3-9-22-42)59(47-26-14-25-44(37-47)46-33-35-51-50-28-11-13-32-56(50)60-57(51)39-46)54-31-12-10-27-49(54)52-30-16-24-43-23-15-29-48(58(43)52)41-19-6-2-7-20-41/h1,3-5,8-15,17-18,21-29,31-39,41H,2,6-7,16,19-20,30H2. The summed E-state index contributed by atoms with van der Waals surface area (Å²) >= 11 is 0. The fourth-order valence-corrected chi connectivity index (χ4v) is 10.1. The van der Waals surface area contributed by atoms with Gasteiger partial charge in [-0.3, -0.25) is 0 Å². The Morgan fingerprint density at radius 1 is 0.450 bits per heavy atom. The summed E-state index contributed by atoms with van der Waals surface area (Å²) < 4.78 is 6.39. The summed E-state index contributed by atoms with van der Waals surface area (Å²) in [4.78, 5) is 2.53. The van der Waals surface area contributed by atoms with Crippen molar-refractivity contribution in [3.63, 3.8) is 0 Å². The van der Waals surface area contributed by atoms with Crippen molar-refractivity contribution >= 4 is 50.6 Å². The second-order valence-electron chi connectivity index (χ2n) is 16.5. The van der Waals surface area contributed by atoms with Crippen LogP contribution in [0.4, 0.5) is 17.1 Å². The van der Waals surface area contributed by atoms with Gasteiger partial charge in [0.15, 0.2) is 0 Å². The van der Waals surface area contributed by atoms with Crippen molar-refractivity contribution in [3.05, 3.63) is 210 Å². The molecule has 0 spiro atoms. The molecule has 1 fully saturated rings. The Labute approximate surface area is 352 Å². The predicted molar refractivity (Wildman–Crippen MR) is 252 cm³/mol. The zero-order valence-electron chi connectivity index (χ0n) is 33.9. The van der Waals surface area contributed by atoms with E-state index >= 15 is 0 Å². The number of hydrogen-bond acceptors (Lipinski definition) is 2. The molecule has 0 aliphatic heterocycles. The molecular weight excluding hydrogens is 727 g/mol. The van der Waals surface area contributed by atoms with Crippen LogP contribution in [0.25, 0.3) is 67.0 Å². The molecule has 1 heterocycles. The van der Waals surface area contributed by atoms with E-state index in [1.807, 2.05) is 6.07 Å². The molecule has 1 aromatic heterocycles. The Balaban J connectivity index is 1.15. The van der Waals surface area contributed by atoms with Crippen LogP contribution in [-0.2, 0) is 0 Å². The van der Waals surface area contributed by atoms with E-state index in [0.717, 1.165) is 57.3 Å². The molecule has 0 atom stereocenters. The summed E-state index contributed by atoms with van der Waals surface area (Å²) in [5, 5.41) is 5.15. The van der Waals surface area contributed by atoms with Crippen molar-refractivity contribution in [1.82, 2.24) is 0 Å². The van der Waals surface area contributed by atoms with E-state index in [4.69, 9.17) is 4.42 Å². The van der Waals surface area contributed by atoms with Crippen molar-refractivity contribution in [2.75, 3.05) is 4.90 Å². The highest BCUT2D eigenvalue weighted by Gasteiger charge is 2.25. The molecule has 0 amide bonds. The first-order valence-corrected chi connectivity index (χ1v) is 21.8. The van der Waals surface area contributed by atoms with Gasteiger partial charge in [0.25, 0.3) is 0 Å². The first-order chi connectivity index (χ1) is 29.8. The molecule has 0 radical (unpaired) electrons. The normalized spacial score (nSPS) is 14.2. The van der Waals surface area contributed by atoms with E-state index in [0.29, 0.717) is 5.92 Å². The number of furan rings is 1. The molecule has 9 aromatic rings. The van der Waals surface area contributed by atoms with Crippen LogP contribution in [0.2, 0.25) is 0 Å². The van der Waals surface area contributed by atoms with Crippen LogP contribution >= 0.6 is 0 Å². The highest BCUT2D eigenvalue weighted by Crippen LogP contribution is 2.46. The lowest BCUT2D eigenvalue weighted by Crippen LogP contribution is -2.35. The molecule has 11 rings (SSSR count).